The standard InChI is InChI=1S/C14H18N2O4/c1-10(2)19-9-12-8-16(14(18)20-12)15-13(17)11-6-4-3-5-7-11/h3-7,10,12H,8-9H2,1-2H3,(H,15,17)/t12-/m1/s1. The minimum atomic E-state index is -0.563. The number of amides is 2. The minimum Gasteiger partial charge on any atom is -0.440 e. The smallest absolute Gasteiger partial charge is 0.429 e. The molecule has 0 saturated carbocycles. The number of hydrazine groups is 1. The Labute approximate surface area is 117 Å². The van der Waals surface area contributed by atoms with Crippen LogP contribution < -0.4 is 5.43 Å². The first-order valence-electron chi connectivity index (χ1n) is 6.52. The molecule has 1 aromatic rings. The van der Waals surface area contributed by atoms with Gasteiger partial charge in [-0.15, -0.1) is 0 Å². The van der Waals surface area contributed by atoms with E-state index < -0.39 is 6.09 Å². The third kappa shape index (κ3) is 3.71. The van der Waals surface area contributed by atoms with Gasteiger partial charge in [0.25, 0.3) is 5.91 Å². The monoisotopic (exact) mass is 278 g/mol. The van der Waals surface area contributed by atoms with Crippen LogP contribution in [-0.2, 0) is 9.47 Å². The number of benzene rings is 1. The summed E-state index contributed by atoms with van der Waals surface area (Å²) in [4.78, 5) is 23.6. The van der Waals surface area contributed by atoms with E-state index in [-0.39, 0.29) is 24.7 Å². The van der Waals surface area contributed by atoms with Gasteiger partial charge in [0.05, 0.1) is 19.3 Å². The molecule has 1 heterocycles. The van der Waals surface area contributed by atoms with Gasteiger partial charge < -0.3 is 9.47 Å². The zero-order valence-electron chi connectivity index (χ0n) is 11.5. The lowest BCUT2D eigenvalue weighted by atomic mass is 10.2. The van der Waals surface area contributed by atoms with Crippen LogP contribution in [0.25, 0.3) is 0 Å². The summed E-state index contributed by atoms with van der Waals surface area (Å²) in [5, 5.41) is 1.17. The van der Waals surface area contributed by atoms with Crippen LogP contribution in [0.2, 0.25) is 0 Å². The zero-order chi connectivity index (χ0) is 14.5. The molecule has 2 rings (SSSR count). The van der Waals surface area contributed by atoms with Crippen LogP contribution in [0.5, 0.6) is 0 Å². The fourth-order valence-corrected chi connectivity index (χ4v) is 1.78. The summed E-state index contributed by atoms with van der Waals surface area (Å²) in [6, 6.07) is 8.69. The van der Waals surface area contributed by atoms with E-state index >= 15 is 0 Å². The average Bonchev–Trinajstić information content (AvgIpc) is 2.78. The van der Waals surface area contributed by atoms with E-state index in [1.807, 2.05) is 19.9 Å². The van der Waals surface area contributed by atoms with Gasteiger partial charge in [-0.05, 0) is 26.0 Å². The van der Waals surface area contributed by atoms with Gasteiger partial charge in [0.1, 0.15) is 6.10 Å². The maximum Gasteiger partial charge on any atom is 0.429 e. The van der Waals surface area contributed by atoms with Gasteiger partial charge in [0, 0.05) is 5.56 Å². The molecule has 6 heteroatoms. The Bertz CT molecular complexity index is 475. The van der Waals surface area contributed by atoms with E-state index in [0.29, 0.717) is 12.2 Å². The fraction of sp³-hybridized carbons (Fsp3) is 0.429. The van der Waals surface area contributed by atoms with E-state index in [4.69, 9.17) is 9.47 Å². The second-order valence-corrected chi connectivity index (χ2v) is 4.81. The van der Waals surface area contributed by atoms with E-state index in [1.165, 1.54) is 5.01 Å². The molecule has 0 aliphatic carbocycles. The van der Waals surface area contributed by atoms with Gasteiger partial charge in [-0.3, -0.25) is 10.2 Å². The van der Waals surface area contributed by atoms with Crippen molar-refractivity contribution in [2.75, 3.05) is 13.2 Å². The highest BCUT2D eigenvalue weighted by Gasteiger charge is 2.32. The van der Waals surface area contributed by atoms with Gasteiger partial charge in [0.15, 0.2) is 0 Å². The van der Waals surface area contributed by atoms with Gasteiger partial charge in [-0.2, -0.15) is 0 Å². The van der Waals surface area contributed by atoms with Crippen LogP contribution in [0, 0.1) is 0 Å². The van der Waals surface area contributed by atoms with Crippen molar-refractivity contribution >= 4 is 12.0 Å². The first-order valence-corrected chi connectivity index (χ1v) is 6.52. The molecule has 0 unspecified atom stereocenters. The number of rotatable bonds is 5. The van der Waals surface area contributed by atoms with Crippen molar-refractivity contribution < 1.29 is 19.1 Å². The van der Waals surface area contributed by atoms with Crippen molar-refractivity contribution in [3.05, 3.63) is 35.9 Å². The number of ether oxygens (including phenoxy) is 2. The Morgan fingerprint density at radius 1 is 1.45 bits per heavy atom. The van der Waals surface area contributed by atoms with Crippen molar-refractivity contribution in [2.24, 2.45) is 0 Å². The fourth-order valence-electron chi connectivity index (χ4n) is 1.78. The zero-order valence-corrected chi connectivity index (χ0v) is 11.5. The molecule has 1 aliphatic heterocycles. The highest BCUT2D eigenvalue weighted by atomic mass is 16.6. The summed E-state index contributed by atoms with van der Waals surface area (Å²) in [6.07, 6.45) is -0.853. The van der Waals surface area contributed by atoms with Crippen LogP contribution in [-0.4, -0.2) is 42.4 Å². The molecule has 1 atom stereocenters. The molecule has 0 aromatic heterocycles. The molecule has 20 heavy (non-hydrogen) atoms. The molecule has 2 amide bonds. The largest absolute Gasteiger partial charge is 0.440 e. The number of nitrogens with one attached hydrogen (secondary N) is 1. The molecule has 1 saturated heterocycles. The second kappa shape index (κ2) is 6.38. The molecular formula is C14H18N2O4. The summed E-state index contributed by atoms with van der Waals surface area (Å²) in [7, 11) is 0. The Kier molecular flexibility index (Phi) is 4.57. The van der Waals surface area contributed by atoms with Gasteiger partial charge in [-0.1, -0.05) is 18.2 Å². The lowest BCUT2D eigenvalue weighted by Gasteiger charge is -2.14. The molecule has 0 bridgehead atoms. The van der Waals surface area contributed by atoms with Crippen LogP contribution in [0.3, 0.4) is 0 Å². The predicted molar refractivity (Wildman–Crippen MR) is 72.0 cm³/mol. The Morgan fingerprint density at radius 2 is 2.15 bits per heavy atom. The molecule has 0 radical (unpaired) electrons. The van der Waals surface area contributed by atoms with Crippen molar-refractivity contribution in [3.8, 4) is 0 Å². The maximum absolute atomic E-state index is 11.9. The third-order valence-corrected chi connectivity index (χ3v) is 2.76. The summed E-state index contributed by atoms with van der Waals surface area (Å²) < 4.78 is 10.5. The first kappa shape index (κ1) is 14.3. The van der Waals surface area contributed by atoms with Crippen molar-refractivity contribution in [2.45, 2.75) is 26.1 Å². The molecule has 1 aromatic carbocycles. The van der Waals surface area contributed by atoms with Gasteiger partial charge in [0.2, 0.25) is 0 Å². The molecule has 6 nitrogen and oxygen atoms in total. The van der Waals surface area contributed by atoms with Crippen molar-refractivity contribution in [3.63, 3.8) is 0 Å². The minimum absolute atomic E-state index is 0.0710. The summed E-state index contributed by atoms with van der Waals surface area (Å²) >= 11 is 0. The topological polar surface area (TPSA) is 67.9 Å². The van der Waals surface area contributed by atoms with E-state index in [9.17, 15) is 9.59 Å². The summed E-state index contributed by atoms with van der Waals surface area (Å²) in [5.41, 5.74) is 3.01. The SMILES string of the molecule is CC(C)OC[C@H]1CN(NC(=O)c2ccccc2)C(=O)O1. The Balaban J connectivity index is 1.87. The Hall–Kier alpha value is -2.08. The maximum atomic E-state index is 11.9. The molecule has 1 N–H and O–H groups in total. The van der Waals surface area contributed by atoms with Gasteiger partial charge >= 0.3 is 6.09 Å². The number of carbonyl (C=O) groups excluding carboxylic acids is 2. The lowest BCUT2D eigenvalue weighted by molar-refractivity contribution is 0.0152. The van der Waals surface area contributed by atoms with Crippen molar-refractivity contribution in [1.82, 2.24) is 10.4 Å². The van der Waals surface area contributed by atoms with Crippen LogP contribution in [0.4, 0.5) is 4.79 Å². The number of carbonyl (C=O) groups is 2. The highest BCUT2D eigenvalue weighted by Crippen LogP contribution is 2.11. The van der Waals surface area contributed by atoms with E-state index in [1.54, 1.807) is 24.3 Å². The number of cyclic esters (lactones) is 1. The van der Waals surface area contributed by atoms with Crippen molar-refractivity contribution in [1.29, 1.82) is 0 Å². The normalized spacial score (nSPS) is 18.2. The van der Waals surface area contributed by atoms with Crippen LogP contribution in [0.1, 0.15) is 24.2 Å². The van der Waals surface area contributed by atoms with Crippen LogP contribution in [0.15, 0.2) is 30.3 Å². The second-order valence-electron chi connectivity index (χ2n) is 4.81. The summed E-state index contributed by atoms with van der Waals surface area (Å²) in [6.45, 7) is 4.42. The molecule has 108 valence electrons. The third-order valence-electron chi connectivity index (χ3n) is 2.76. The first-order chi connectivity index (χ1) is 9.56. The lowest BCUT2D eigenvalue weighted by Crippen LogP contribution is -2.43. The van der Waals surface area contributed by atoms with E-state index in [2.05, 4.69) is 5.43 Å². The number of nitrogens with zero attached hydrogens (tertiary/aromatic N) is 1. The predicted octanol–water partition coefficient (Wildman–Crippen LogP) is 1.58. The molecule has 0 spiro atoms. The summed E-state index contributed by atoms with van der Waals surface area (Å²) in [5.74, 6) is -0.340. The number of hydrogen-bond acceptors (Lipinski definition) is 4. The highest BCUT2D eigenvalue weighted by molar-refractivity contribution is 5.95. The Morgan fingerprint density at radius 3 is 2.80 bits per heavy atom. The van der Waals surface area contributed by atoms with E-state index in [0.717, 1.165) is 0 Å². The molecular weight excluding hydrogens is 260 g/mol. The average molecular weight is 278 g/mol. The quantitative estimate of drug-likeness (QED) is 0.888. The number of hydrogen-bond donors (Lipinski definition) is 1. The molecule has 1 aliphatic rings. The van der Waals surface area contributed by atoms with Crippen LogP contribution >= 0.6 is 0 Å². The molecule has 1 fully saturated rings. The van der Waals surface area contributed by atoms with Gasteiger partial charge in [-0.25, -0.2) is 9.80 Å².